The van der Waals surface area contributed by atoms with Crippen LogP contribution in [-0.2, 0) is 17.8 Å². The molecule has 0 saturated heterocycles. The highest BCUT2D eigenvalue weighted by atomic mass is 16.4. The highest BCUT2D eigenvalue weighted by Gasteiger charge is 2.25. The number of rotatable bonds is 1. The van der Waals surface area contributed by atoms with Gasteiger partial charge in [-0.25, -0.2) is 4.98 Å². The van der Waals surface area contributed by atoms with Gasteiger partial charge in [-0.15, -0.1) is 0 Å². The summed E-state index contributed by atoms with van der Waals surface area (Å²) in [6.45, 7) is 2.43. The van der Waals surface area contributed by atoms with E-state index >= 15 is 0 Å². The number of hydrogen-bond donors (Lipinski definition) is 3. The Morgan fingerprint density at radius 2 is 2.46 bits per heavy atom. The van der Waals surface area contributed by atoms with Crippen molar-refractivity contribution >= 4 is 5.97 Å². The molecule has 0 spiro atoms. The molecule has 70 valence electrons. The molecule has 0 aliphatic carbocycles. The fourth-order valence-electron chi connectivity index (χ4n) is 1.57. The fraction of sp³-hybridized carbons (Fsp3) is 0.500. The Kier molecular flexibility index (Phi) is 1.81. The van der Waals surface area contributed by atoms with Crippen LogP contribution in [-0.4, -0.2) is 27.1 Å². The highest BCUT2D eigenvalue weighted by molar-refractivity contribution is 5.74. The van der Waals surface area contributed by atoms with Crippen molar-refractivity contribution in [1.29, 1.82) is 0 Å². The molecule has 1 aromatic rings. The lowest BCUT2D eigenvalue weighted by atomic mass is 10.1. The summed E-state index contributed by atoms with van der Waals surface area (Å²) in [4.78, 5) is 18.0. The van der Waals surface area contributed by atoms with E-state index in [9.17, 15) is 4.79 Å². The Balaban J connectivity index is 2.24. The van der Waals surface area contributed by atoms with Crippen LogP contribution < -0.4 is 5.32 Å². The number of imidazole rings is 1. The average molecular weight is 181 g/mol. The van der Waals surface area contributed by atoms with Gasteiger partial charge in [-0.2, -0.15) is 0 Å². The first-order valence-corrected chi connectivity index (χ1v) is 4.17. The zero-order valence-electron chi connectivity index (χ0n) is 7.29. The van der Waals surface area contributed by atoms with E-state index < -0.39 is 12.0 Å². The first kappa shape index (κ1) is 8.25. The number of fused-ring (bicyclic) bond motifs is 1. The monoisotopic (exact) mass is 181 g/mol. The maximum atomic E-state index is 10.7. The third-order valence-electron chi connectivity index (χ3n) is 2.20. The van der Waals surface area contributed by atoms with Crippen molar-refractivity contribution in [3.63, 3.8) is 0 Å². The summed E-state index contributed by atoms with van der Waals surface area (Å²) in [5.41, 5.74) is 1.89. The van der Waals surface area contributed by atoms with Crippen LogP contribution in [0.5, 0.6) is 0 Å². The maximum absolute atomic E-state index is 10.7. The van der Waals surface area contributed by atoms with Crippen LogP contribution in [0.3, 0.4) is 0 Å². The average Bonchev–Trinajstić information content (AvgIpc) is 2.42. The van der Waals surface area contributed by atoms with Gasteiger partial charge >= 0.3 is 5.97 Å². The second kappa shape index (κ2) is 2.85. The van der Waals surface area contributed by atoms with Crippen molar-refractivity contribution in [2.75, 3.05) is 0 Å². The molecule has 1 aromatic heterocycles. The number of nitrogens with zero attached hydrogens (tertiary/aromatic N) is 1. The van der Waals surface area contributed by atoms with Crippen molar-refractivity contribution in [2.24, 2.45) is 0 Å². The second-order valence-corrected chi connectivity index (χ2v) is 3.22. The fourth-order valence-corrected chi connectivity index (χ4v) is 1.57. The van der Waals surface area contributed by atoms with E-state index in [-0.39, 0.29) is 0 Å². The molecule has 0 fully saturated rings. The van der Waals surface area contributed by atoms with Crippen molar-refractivity contribution in [3.05, 3.63) is 17.2 Å². The van der Waals surface area contributed by atoms with Crippen LogP contribution in [0.2, 0.25) is 0 Å². The molecule has 13 heavy (non-hydrogen) atoms. The molecule has 2 heterocycles. The molecule has 1 unspecified atom stereocenters. The molecule has 0 radical (unpaired) electrons. The Labute approximate surface area is 75.2 Å². The topological polar surface area (TPSA) is 78.0 Å². The number of aliphatic carboxylic acids is 1. The molecule has 2 rings (SSSR count). The molecular weight excluding hydrogens is 170 g/mol. The predicted octanol–water partition coefficient (Wildman–Crippen LogP) is -0.183. The molecule has 0 aromatic carbocycles. The number of nitrogens with one attached hydrogen (secondary N) is 2. The van der Waals surface area contributed by atoms with Crippen LogP contribution in [0.25, 0.3) is 0 Å². The van der Waals surface area contributed by atoms with Gasteiger partial charge in [0.25, 0.3) is 0 Å². The highest BCUT2D eigenvalue weighted by Crippen LogP contribution is 2.13. The summed E-state index contributed by atoms with van der Waals surface area (Å²) >= 11 is 0. The lowest BCUT2D eigenvalue weighted by molar-refractivity contribution is -0.139. The van der Waals surface area contributed by atoms with Gasteiger partial charge in [0.2, 0.25) is 0 Å². The molecule has 3 N–H and O–H groups in total. The van der Waals surface area contributed by atoms with Crippen LogP contribution in [0.1, 0.15) is 17.2 Å². The molecule has 1 atom stereocenters. The number of carboxylic acids is 1. The standard InChI is InChI=1S/C8H11N3O2/c1-4-10-5-2-6(8(12)13)9-3-7(5)11-4/h6,9H,2-3H2,1H3,(H,10,11)(H,12,13). The van der Waals surface area contributed by atoms with Gasteiger partial charge < -0.3 is 10.1 Å². The third kappa shape index (κ3) is 1.42. The molecular formula is C8H11N3O2. The number of aromatic nitrogens is 2. The summed E-state index contributed by atoms with van der Waals surface area (Å²) in [7, 11) is 0. The predicted molar refractivity (Wildman–Crippen MR) is 45.3 cm³/mol. The Morgan fingerprint density at radius 3 is 3.15 bits per heavy atom. The van der Waals surface area contributed by atoms with E-state index in [2.05, 4.69) is 15.3 Å². The minimum absolute atomic E-state index is 0.467. The van der Waals surface area contributed by atoms with E-state index in [1.807, 2.05) is 6.92 Å². The normalized spacial score (nSPS) is 21.2. The summed E-state index contributed by atoms with van der Waals surface area (Å²) in [6.07, 6.45) is 0.467. The van der Waals surface area contributed by atoms with E-state index in [1.165, 1.54) is 0 Å². The van der Waals surface area contributed by atoms with Crippen LogP contribution in [0.4, 0.5) is 0 Å². The molecule has 0 saturated carbocycles. The molecule has 1 aliphatic rings. The summed E-state index contributed by atoms with van der Waals surface area (Å²) in [5.74, 6) is 0.0316. The molecule has 5 heteroatoms. The van der Waals surface area contributed by atoms with Crippen LogP contribution in [0, 0.1) is 6.92 Å². The minimum Gasteiger partial charge on any atom is -0.480 e. The smallest absolute Gasteiger partial charge is 0.321 e. The number of carboxylic acid groups (broad SMARTS) is 1. The first-order chi connectivity index (χ1) is 6.16. The number of H-pyrrole nitrogens is 1. The lowest BCUT2D eigenvalue weighted by Crippen LogP contribution is -2.41. The minimum atomic E-state index is -0.814. The molecule has 1 aliphatic heterocycles. The van der Waals surface area contributed by atoms with Crippen molar-refractivity contribution in [1.82, 2.24) is 15.3 Å². The van der Waals surface area contributed by atoms with E-state index in [0.29, 0.717) is 13.0 Å². The van der Waals surface area contributed by atoms with Crippen molar-refractivity contribution < 1.29 is 9.90 Å². The van der Waals surface area contributed by atoms with Crippen LogP contribution in [0.15, 0.2) is 0 Å². The van der Waals surface area contributed by atoms with Gasteiger partial charge in [-0.1, -0.05) is 0 Å². The Bertz CT molecular complexity index is 345. The largest absolute Gasteiger partial charge is 0.480 e. The number of aromatic amines is 1. The molecule has 5 nitrogen and oxygen atoms in total. The quantitative estimate of drug-likeness (QED) is 0.561. The van der Waals surface area contributed by atoms with Crippen molar-refractivity contribution in [2.45, 2.75) is 25.9 Å². The zero-order chi connectivity index (χ0) is 9.42. The number of carbonyl (C=O) groups is 1. The van der Waals surface area contributed by atoms with Gasteiger partial charge in [0.1, 0.15) is 11.9 Å². The van der Waals surface area contributed by atoms with Gasteiger partial charge in [-0.05, 0) is 6.92 Å². The van der Waals surface area contributed by atoms with Gasteiger partial charge in [0.15, 0.2) is 0 Å². The third-order valence-corrected chi connectivity index (χ3v) is 2.20. The number of aryl methyl sites for hydroxylation is 1. The van der Waals surface area contributed by atoms with Crippen molar-refractivity contribution in [3.8, 4) is 0 Å². The van der Waals surface area contributed by atoms with Gasteiger partial charge in [-0.3, -0.25) is 10.1 Å². The molecule has 0 amide bonds. The number of hydrogen-bond acceptors (Lipinski definition) is 3. The van der Waals surface area contributed by atoms with E-state index in [4.69, 9.17) is 5.11 Å². The zero-order valence-corrected chi connectivity index (χ0v) is 7.29. The Morgan fingerprint density at radius 1 is 1.69 bits per heavy atom. The van der Waals surface area contributed by atoms with Gasteiger partial charge in [0.05, 0.1) is 11.4 Å². The van der Waals surface area contributed by atoms with Crippen LogP contribution >= 0.6 is 0 Å². The van der Waals surface area contributed by atoms with Gasteiger partial charge in [0, 0.05) is 13.0 Å². The second-order valence-electron chi connectivity index (χ2n) is 3.22. The lowest BCUT2D eigenvalue weighted by Gasteiger charge is -2.18. The summed E-state index contributed by atoms with van der Waals surface area (Å²) in [5, 5.41) is 11.7. The first-order valence-electron chi connectivity index (χ1n) is 4.17. The van der Waals surface area contributed by atoms with E-state index in [1.54, 1.807) is 0 Å². The summed E-state index contributed by atoms with van der Waals surface area (Å²) in [6, 6.07) is -0.491. The summed E-state index contributed by atoms with van der Waals surface area (Å²) < 4.78 is 0. The maximum Gasteiger partial charge on any atom is 0.321 e. The molecule has 0 bridgehead atoms. The Hall–Kier alpha value is -1.36. The SMILES string of the molecule is Cc1nc2c([nH]1)CNC(C(=O)O)C2. The van der Waals surface area contributed by atoms with E-state index in [0.717, 1.165) is 17.2 Å².